The van der Waals surface area contributed by atoms with Gasteiger partial charge in [0.15, 0.2) is 11.3 Å². The van der Waals surface area contributed by atoms with Crippen molar-refractivity contribution in [1.82, 2.24) is 15.0 Å². The number of hydrogen-bond donors (Lipinski definition) is 1. The number of carbonyl (C=O) groups excluding carboxylic acids is 2. The number of carbonyl (C=O) groups is 2. The lowest BCUT2D eigenvalue weighted by molar-refractivity contribution is -0.149. The van der Waals surface area contributed by atoms with Crippen molar-refractivity contribution in [3.63, 3.8) is 0 Å². The van der Waals surface area contributed by atoms with Gasteiger partial charge < -0.3 is 14.7 Å². The van der Waals surface area contributed by atoms with Crippen LogP contribution in [0.1, 0.15) is 53.0 Å². The number of aromatic nitrogens is 1. The third-order valence-corrected chi connectivity index (χ3v) is 9.02. The van der Waals surface area contributed by atoms with Gasteiger partial charge in [0.05, 0.1) is 17.0 Å². The van der Waals surface area contributed by atoms with Gasteiger partial charge in [0, 0.05) is 34.8 Å². The lowest BCUT2D eigenvalue weighted by Crippen LogP contribution is -2.54. The molecule has 2 atom stereocenters. The Morgan fingerprint density at radius 2 is 1.84 bits per heavy atom. The summed E-state index contributed by atoms with van der Waals surface area (Å²) in [7, 11) is 0. The molecule has 224 valence electrons. The maximum atomic E-state index is 16.7. The van der Waals surface area contributed by atoms with E-state index in [1.807, 2.05) is 11.0 Å². The van der Waals surface area contributed by atoms with Gasteiger partial charge in [-0.2, -0.15) is 15.6 Å². The second-order valence-electron chi connectivity index (χ2n) is 11.7. The lowest BCUT2D eigenvalue weighted by atomic mass is 9.79. The third-order valence-electron chi connectivity index (χ3n) is 8.77. The van der Waals surface area contributed by atoms with Gasteiger partial charge in [-0.15, -0.1) is 0 Å². The first kappa shape index (κ1) is 29.7. The molecule has 0 spiro atoms. The molecule has 2 aliphatic heterocycles. The van der Waals surface area contributed by atoms with Gasteiger partial charge in [-0.1, -0.05) is 46.4 Å². The smallest absolute Gasteiger partial charge is 0.287 e. The summed E-state index contributed by atoms with van der Waals surface area (Å²) in [6, 6.07) is 18.8. The Hall–Kier alpha value is -4.35. The zero-order chi connectivity index (χ0) is 31.1. The highest BCUT2D eigenvalue weighted by Crippen LogP contribution is 2.51. The van der Waals surface area contributed by atoms with Crippen LogP contribution in [0.25, 0.3) is 11.1 Å². The summed E-state index contributed by atoms with van der Waals surface area (Å²) in [6.07, 6.45) is 1.07. The number of Topliss-reactive ketones (excluding diaryl/α,β-unsaturated/α-hetero) is 1. The van der Waals surface area contributed by atoms with Crippen LogP contribution in [0.4, 0.5) is 4.48 Å². The first-order valence-corrected chi connectivity index (χ1v) is 14.9. The van der Waals surface area contributed by atoms with Crippen LogP contribution >= 0.6 is 11.6 Å². The minimum absolute atomic E-state index is 0.0134. The van der Waals surface area contributed by atoms with Crippen molar-refractivity contribution in [1.29, 1.82) is 10.5 Å². The minimum atomic E-state index is -2.28. The molecule has 3 heterocycles. The molecular weight excluding hydrogens is 585 g/mol. The van der Waals surface area contributed by atoms with E-state index in [1.54, 1.807) is 42.5 Å². The number of nitrogens with zero attached hydrogens (tertiary/aromatic N) is 5. The molecule has 2 fully saturated rings. The van der Waals surface area contributed by atoms with E-state index in [4.69, 9.17) is 16.3 Å². The molecule has 3 aliphatic rings. The van der Waals surface area contributed by atoms with Crippen LogP contribution in [0, 0.1) is 28.1 Å². The van der Waals surface area contributed by atoms with E-state index in [2.05, 4.69) is 11.1 Å². The van der Waals surface area contributed by atoms with E-state index >= 15 is 4.48 Å². The summed E-state index contributed by atoms with van der Waals surface area (Å²) in [6.45, 7) is 1.35. The van der Waals surface area contributed by atoms with Crippen molar-refractivity contribution in [3.05, 3.63) is 82.1 Å². The molecule has 1 saturated carbocycles. The van der Waals surface area contributed by atoms with E-state index in [0.29, 0.717) is 42.1 Å². The number of rotatable bonds is 10. The number of aliphatic hydroxyl groups excluding tert-OH is 1. The molecule has 6 rings (SSSR count). The number of aliphatic hydroxyl groups is 1. The third kappa shape index (κ3) is 5.20. The van der Waals surface area contributed by atoms with Gasteiger partial charge in [0.25, 0.3) is 5.91 Å². The Morgan fingerprint density at radius 1 is 1.11 bits per heavy atom. The van der Waals surface area contributed by atoms with Crippen LogP contribution in [0.3, 0.4) is 0 Å². The van der Waals surface area contributed by atoms with Gasteiger partial charge in [0.2, 0.25) is 0 Å². The largest absolute Gasteiger partial charge is 0.490 e. The second kappa shape index (κ2) is 11.6. The van der Waals surface area contributed by atoms with E-state index in [0.717, 1.165) is 12.8 Å². The standard InChI is InChI=1S/C33H29ClFN5O4/c34-22-8-6-21(7-9-22)25-10-11-26-28(29(25)44-20-32(19-37)12-13-32)31(43)40(35)33(26,16-23-4-3-5-24(17-36)38-23)30(42)27(41)18-39-14-1-2-15-39/h3-11,27,41H,1-2,12-16,18,20H2/t27?,33-/m1/s1. The first-order chi connectivity index (χ1) is 21.2. The summed E-state index contributed by atoms with van der Waals surface area (Å²) < 4.78 is 22.9. The molecule has 11 heteroatoms. The number of ether oxygens (including phenoxy) is 1. The SMILES string of the molecule is N#Cc1cccc(C[C@]2(C(=O)C(O)CN3CCCC3)c3ccc(-c4ccc(Cl)cc4)c(OCC4(C#N)CC4)c3C(=O)N2F)n1. The zero-order valence-electron chi connectivity index (χ0n) is 23.8. The van der Waals surface area contributed by atoms with Crippen molar-refractivity contribution < 1.29 is 23.9 Å². The lowest BCUT2D eigenvalue weighted by Gasteiger charge is -2.34. The molecule has 44 heavy (non-hydrogen) atoms. The number of amides is 1. The van der Waals surface area contributed by atoms with E-state index in [1.165, 1.54) is 12.1 Å². The zero-order valence-corrected chi connectivity index (χ0v) is 24.6. The van der Waals surface area contributed by atoms with E-state index in [9.17, 15) is 25.2 Å². The molecule has 1 N–H and O–H groups in total. The number of fused-ring (bicyclic) bond motifs is 1. The monoisotopic (exact) mass is 613 g/mol. The van der Waals surface area contributed by atoms with Gasteiger partial charge in [-0.3, -0.25) is 9.59 Å². The average molecular weight is 614 g/mol. The highest BCUT2D eigenvalue weighted by molar-refractivity contribution is 6.30. The summed E-state index contributed by atoms with van der Waals surface area (Å²) in [5.41, 5.74) is -1.78. The number of β-amino-alcohol motifs (C(OH)–C–C–N with tert-alkyl or cyclic N) is 1. The molecule has 1 saturated heterocycles. The Kier molecular flexibility index (Phi) is 7.85. The van der Waals surface area contributed by atoms with Gasteiger partial charge in [0.1, 0.15) is 30.2 Å². The molecular formula is C33H29ClFN5O4. The quantitative estimate of drug-likeness (QED) is 0.324. The number of pyridine rings is 1. The predicted molar refractivity (Wildman–Crippen MR) is 158 cm³/mol. The highest BCUT2D eigenvalue weighted by Gasteiger charge is 2.59. The van der Waals surface area contributed by atoms with Gasteiger partial charge in [-0.25, -0.2) is 4.98 Å². The van der Waals surface area contributed by atoms with Crippen LogP contribution in [0.2, 0.25) is 5.02 Å². The van der Waals surface area contributed by atoms with Crippen LogP contribution in [-0.2, 0) is 16.8 Å². The Bertz CT molecular complexity index is 1710. The molecule has 1 aromatic heterocycles. The van der Waals surface area contributed by atoms with Gasteiger partial charge in [-0.05, 0) is 68.6 Å². The molecule has 0 bridgehead atoms. The number of hydrogen-bond acceptors (Lipinski definition) is 8. The van der Waals surface area contributed by atoms with Crippen molar-refractivity contribution in [2.75, 3.05) is 26.2 Å². The predicted octanol–water partition coefficient (Wildman–Crippen LogP) is 4.76. The van der Waals surface area contributed by atoms with Crippen molar-refractivity contribution >= 4 is 23.3 Å². The molecule has 1 aliphatic carbocycles. The maximum absolute atomic E-state index is 16.7. The van der Waals surface area contributed by atoms with Crippen molar-refractivity contribution in [2.24, 2.45) is 5.41 Å². The number of nitriles is 2. The summed E-state index contributed by atoms with van der Waals surface area (Å²) in [5, 5.41) is 30.7. The Labute approximate surface area is 259 Å². The van der Waals surface area contributed by atoms with Crippen LogP contribution < -0.4 is 4.74 Å². The fraction of sp³-hybridized carbons (Fsp3) is 0.364. The molecule has 1 amide bonds. The Morgan fingerprint density at radius 3 is 2.50 bits per heavy atom. The normalized spacial score (nSPS) is 20.9. The topological polar surface area (TPSA) is 131 Å². The number of halogens is 2. The van der Waals surface area contributed by atoms with Gasteiger partial charge >= 0.3 is 0 Å². The van der Waals surface area contributed by atoms with E-state index < -0.39 is 35.2 Å². The summed E-state index contributed by atoms with van der Waals surface area (Å²) in [4.78, 5) is 34.4. The fourth-order valence-corrected chi connectivity index (χ4v) is 6.25. The molecule has 2 aromatic carbocycles. The van der Waals surface area contributed by atoms with Crippen molar-refractivity contribution in [2.45, 2.75) is 43.7 Å². The number of ketones is 1. The molecule has 9 nitrogen and oxygen atoms in total. The fourth-order valence-electron chi connectivity index (χ4n) is 6.13. The second-order valence-corrected chi connectivity index (χ2v) is 12.1. The Balaban J connectivity index is 1.52. The maximum Gasteiger partial charge on any atom is 0.287 e. The number of likely N-dealkylation sites (tertiary alicyclic amines) is 1. The first-order valence-electron chi connectivity index (χ1n) is 14.5. The summed E-state index contributed by atoms with van der Waals surface area (Å²) in [5.74, 6) is -1.96. The average Bonchev–Trinajstić information content (AvgIpc) is 3.58. The summed E-state index contributed by atoms with van der Waals surface area (Å²) >= 11 is 6.12. The molecule has 0 radical (unpaired) electrons. The van der Waals surface area contributed by atoms with E-state index in [-0.39, 0.29) is 46.5 Å². The van der Waals surface area contributed by atoms with Crippen LogP contribution in [0.5, 0.6) is 5.75 Å². The highest BCUT2D eigenvalue weighted by atomic mass is 35.5. The number of benzene rings is 2. The molecule has 3 aromatic rings. The molecule has 1 unspecified atom stereocenters. The van der Waals surface area contributed by atoms with Crippen LogP contribution in [-0.4, -0.2) is 64.1 Å². The minimum Gasteiger partial charge on any atom is -0.490 e. The van der Waals surface area contributed by atoms with Crippen LogP contribution in [0.15, 0.2) is 54.6 Å². The van der Waals surface area contributed by atoms with Crippen molar-refractivity contribution in [3.8, 4) is 29.0 Å².